The van der Waals surface area contributed by atoms with E-state index in [2.05, 4.69) is 16.4 Å². The van der Waals surface area contributed by atoms with Crippen LogP contribution in [-0.4, -0.2) is 4.98 Å². The highest BCUT2D eigenvalue weighted by molar-refractivity contribution is 6.30. The van der Waals surface area contributed by atoms with Gasteiger partial charge in [0.15, 0.2) is 0 Å². The van der Waals surface area contributed by atoms with Gasteiger partial charge in [0.1, 0.15) is 17.7 Å². The van der Waals surface area contributed by atoms with Crippen molar-refractivity contribution >= 4 is 23.1 Å². The van der Waals surface area contributed by atoms with Gasteiger partial charge in [-0.3, -0.25) is 0 Å². The fraction of sp³-hybridized carbons (Fsp3) is 0.200. The number of nitrogens with one attached hydrogen (secondary N) is 1. The fourth-order valence-corrected chi connectivity index (χ4v) is 2.48. The van der Waals surface area contributed by atoms with Crippen molar-refractivity contribution in [2.75, 3.05) is 5.32 Å². The van der Waals surface area contributed by atoms with E-state index in [1.807, 2.05) is 6.07 Å². The molecule has 5 heteroatoms. The van der Waals surface area contributed by atoms with Crippen molar-refractivity contribution in [1.29, 1.82) is 5.26 Å². The van der Waals surface area contributed by atoms with Crippen LogP contribution in [0.2, 0.25) is 5.02 Å². The monoisotopic (exact) mass is 287 g/mol. The smallest absolute Gasteiger partial charge is 0.148 e. The van der Waals surface area contributed by atoms with E-state index in [-0.39, 0.29) is 5.02 Å². The summed E-state index contributed by atoms with van der Waals surface area (Å²) < 4.78 is 13.4. The minimum Gasteiger partial charge on any atom is -0.339 e. The van der Waals surface area contributed by atoms with Crippen LogP contribution >= 0.6 is 11.6 Å². The number of aryl methyl sites for hydroxylation is 2. The third-order valence-corrected chi connectivity index (χ3v) is 3.66. The summed E-state index contributed by atoms with van der Waals surface area (Å²) in [6.45, 7) is 0. The standard InChI is InChI=1S/C15H11ClFN3/c16-12-5-4-11(7-13(12)17)19-15-10(8-18)6-9-2-1-3-14(9)20-15/h4-7H,1-3H2,(H,19,20). The number of benzene rings is 1. The maximum atomic E-state index is 13.4. The number of fused-ring (bicyclic) bond motifs is 1. The maximum absolute atomic E-state index is 13.4. The second kappa shape index (κ2) is 5.10. The summed E-state index contributed by atoms with van der Waals surface area (Å²) in [5.74, 6) is -0.0359. The van der Waals surface area contributed by atoms with Crippen molar-refractivity contribution < 1.29 is 4.39 Å². The van der Waals surface area contributed by atoms with Crippen LogP contribution in [0.25, 0.3) is 0 Å². The Balaban J connectivity index is 1.98. The van der Waals surface area contributed by atoms with Gasteiger partial charge in [-0.2, -0.15) is 5.26 Å². The average molecular weight is 288 g/mol. The molecule has 2 aromatic rings. The minimum absolute atomic E-state index is 0.0676. The molecule has 0 bridgehead atoms. The van der Waals surface area contributed by atoms with Crippen LogP contribution in [0.3, 0.4) is 0 Å². The van der Waals surface area contributed by atoms with E-state index in [9.17, 15) is 9.65 Å². The predicted octanol–water partition coefficient (Wildman–Crippen LogP) is 3.98. The van der Waals surface area contributed by atoms with Crippen molar-refractivity contribution in [2.45, 2.75) is 19.3 Å². The van der Waals surface area contributed by atoms with Crippen LogP contribution in [0.5, 0.6) is 0 Å². The summed E-state index contributed by atoms with van der Waals surface area (Å²) in [5, 5.41) is 12.3. The van der Waals surface area contributed by atoms with Gasteiger partial charge in [0.25, 0.3) is 0 Å². The summed E-state index contributed by atoms with van der Waals surface area (Å²) in [6, 6.07) is 8.41. The molecule has 0 saturated heterocycles. The quantitative estimate of drug-likeness (QED) is 0.909. The van der Waals surface area contributed by atoms with Crippen molar-refractivity contribution in [3.8, 4) is 6.07 Å². The Morgan fingerprint density at radius 3 is 2.90 bits per heavy atom. The van der Waals surface area contributed by atoms with E-state index < -0.39 is 5.82 Å². The van der Waals surface area contributed by atoms with Crippen molar-refractivity contribution in [3.05, 3.63) is 51.9 Å². The molecule has 0 unspecified atom stereocenters. The highest BCUT2D eigenvalue weighted by Gasteiger charge is 2.16. The van der Waals surface area contributed by atoms with Gasteiger partial charge < -0.3 is 5.32 Å². The Bertz CT molecular complexity index is 722. The van der Waals surface area contributed by atoms with Crippen molar-refractivity contribution in [2.24, 2.45) is 0 Å². The van der Waals surface area contributed by atoms with Crippen LogP contribution in [0.4, 0.5) is 15.9 Å². The molecule has 1 N–H and O–H groups in total. The lowest BCUT2D eigenvalue weighted by molar-refractivity contribution is 0.629. The van der Waals surface area contributed by atoms with Gasteiger partial charge in [-0.1, -0.05) is 11.6 Å². The first-order valence-corrected chi connectivity index (χ1v) is 6.70. The molecule has 3 rings (SSSR count). The lowest BCUT2D eigenvalue weighted by Gasteiger charge is -2.10. The Labute approximate surface area is 121 Å². The van der Waals surface area contributed by atoms with Gasteiger partial charge in [-0.15, -0.1) is 0 Å². The number of anilines is 2. The van der Waals surface area contributed by atoms with Gasteiger partial charge in [0.2, 0.25) is 0 Å². The van der Waals surface area contributed by atoms with Crippen LogP contribution in [-0.2, 0) is 12.8 Å². The number of nitriles is 1. The zero-order valence-corrected chi connectivity index (χ0v) is 11.3. The Kier molecular flexibility index (Phi) is 3.29. The first-order valence-electron chi connectivity index (χ1n) is 6.32. The molecule has 0 spiro atoms. The SMILES string of the molecule is N#Cc1cc2c(nc1Nc1ccc(Cl)c(F)c1)CCC2. The number of rotatable bonds is 2. The first kappa shape index (κ1) is 12.9. The number of aromatic nitrogens is 1. The zero-order valence-electron chi connectivity index (χ0n) is 10.6. The lowest BCUT2D eigenvalue weighted by atomic mass is 10.1. The molecule has 0 amide bonds. The summed E-state index contributed by atoms with van der Waals surface area (Å²) in [7, 11) is 0. The number of hydrogen-bond donors (Lipinski definition) is 1. The third kappa shape index (κ3) is 2.33. The van der Waals surface area contributed by atoms with Gasteiger partial charge in [-0.05, 0) is 49.1 Å². The van der Waals surface area contributed by atoms with E-state index in [0.29, 0.717) is 17.1 Å². The Morgan fingerprint density at radius 1 is 1.30 bits per heavy atom. The second-order valence-corrected chi connectivity index (χ2v) is 5.12. The van der Waals surface area contributed by atoms with Gasteiger partial charge in [-0.25, -0.2) is 9.37 Å². The molecule has 1 aromatic heterocycles. The summed E-state index contributed by atoms with van der Waals surface area (Å²) in [6.07, 6.45) is 2.95. The molecule has 1 aliphatic carbocycles. The van der Waals surface area contributed by atoms with Crippen LogP contribution < -0.4 is 5.32 Å². The van der Waals surface area contributed by atoms with Gasteiger partial charge >= 0.3 is 0 Å². The maximum Gasteiger partial charge on any atom is 0.148 e. The molecule has 0 aliphatic heterocycles. The van der Waals surface area contributed by atoms with Crippen molar-refractivity contribution in [3.63, 3.8) is 0 Å². The summed E-state index contributed by atoms with van der Waals surface area (Å²) in [4.78, 5) is 4.48. The number of nitrogens with zero attached hydrogens (tertiary/aromatic N) is 2. The predicted molar refractivity (Wildman–Crippen MR) is 75.7 cm³/mol. The highest BCUT2D eigenvalue weighted by atomic mass is 35.5. The largest absolute Gasteiger partial charge is 0.339 e. The van der Waals surface area contributed by atoms with Crippen LogP contribution in [0.15, 0.2) is 24.3 Å². The zero-order chi connectivity index (χ0) is 14.1. The number of halogens is 2. The fourth-order valence-electron chi connectivity index (χ4n) is 2.36. The lowest BCUT2D eigenvalue weighted by Crippen LogP contribution is -2.01. The number of hydrogen-bond acceptors (Lipinski definition) is 3. The van der Waals surface area contributed by atoms with Gasteiger partial charge in [0.05, 0.1) is 10.6 Å². The second-order valence-electron chi connectivity index (χ2n) is 4.71. The molecule has 0 atom stereocenters. The topological polar surface area (TPSA) is 48.7 Å². The van der Waals surface area contributed by atoms with E-state index >= 15 is 0 Å². The molecule has 20 heavy (non-hydrogen) atoms. The van der Waals surface area contributed by atoms with Crippen molar-refractivity contribution in [1.82, 2.24) is 4.98 Å². The van der Waals surface area contributed by atoms with E-state index in [4.69, 9.17) is 11.6 Å². The minimum atomic E-state index is -0.503. The average Bonchev–Trinajstić information content (AvgIpc) is 2.89. The highest BCUT2D eigenvalue weighted by Crippen LogP contribution is 2.27. The van der Waals surface area contributed by atoms with Crippen LogP contribution in [0, 0.1) is 17.1 Å². The summed E-state index contributed by atoms with van der Waals surface area (Å²) in [5.41, 5.74) is 3.14. The Hall–Kier alpha value is -2.12. The molecule has 100 valence electrons. The molecule has 1 aliphatic rings. The molecule has 0 saturated carbocycles. The van der Waals surface area contributed by atoms with Gasteiger partial charge in [0, 0.05) is 11.4 Å². The van der Waals surface area contributed by atoms with E-state index in [1.54, 1.807) is 6.07 Å². The normalized spacial score (nSPS) is 12.8. The molecular weight excluding hydrogens is 277 g/mol. The third-order valence-electron chi connectivity index (χ3n) is 3.35. The molecular formula is C15H11ClFN3. The molecule has 0 radical (unpaired) electrons. The number of pyridine rings is 1. The molecule has 1 heterocycles. The molecule has 1 aromatic carbocycles. The van der Waals surface area contributed by atoms with E-state index in [0.717, 1.165) is 30.5 Å². The first-order chi connectivity index (χ1) is 9.67. The molecule has 3 nitrogen and oxygen atoms in total. The Morgan fingerprint density at radius 2 is 2.15 bits per heavy atom. The van der Waals surface area contributed by atoms with E-state index in [1.165, 1.54) is 12.1 Å². The summed E-state index contributed by atoms with van der Waals surface area (Å²) >= 11 is 5.65. The van der Waals surface area contributed by atoms with Crippen LogP contribution in [0.1, 0.15) is 23.2 Å². The molecule has 0 fully saturated rings.